The number of methoxy groups -OCH3 is 1. The van der Waals surface area contributed by atoms with E-state index in [1.165, 1.54) is 16.3 Å². The van der Waals surface area contributed by atoms with E-state index in [0.29, 0.717) is 4.90 Å². The number of piperazine rings is 1. The fourth-order valence-corrected chi connectivity index (χ4v) is 4.76. The molecule has 2 saturated heterocycles. The highest BCUT2D eigenvalue weighted by Gasteiger charge is 2.45. The number of nitrogens with zero attached hydrogens (tertiary/aromatic N) is 4. The van der Waals surface area contributed by atoms with Crippen molar-refractivity contribution < 1.29 is 32.3 Å². The van der Waals surface area contributed by atoms with Crippen LogP contribution in [0.2, 0.25) is 0 Å². The van der Waals surface area contributed by atoms with Gasteiger partial charge in [0.15, 0.2) is 0 Å². The molecular formula is C19H24N4O7S. The lowest BCUT2D eigenvalue weighted by molar-refractivity contribution is -0.145. The molecule has 3 rings (SSSR count). The van der Waals surface area contributed by atoms with Crippen molar-refractivity contribution in [1.29, 1.82) is 0 Å². The number of sulfonamides is 1. The molecule has 0 N–H and O–H groups in total. The molecule has 0 unspecified atom stereocenters. The molecule has 1 aromatic rings. The molecule has 0 aromatic heterocycles. The number of amides is 5. The van der Waals surface area contributed by atoms with Gasteiger partial charge in [-0.2, -0.15) is 4.31 Å². The maximum absolute atomic E-state index is 12.8. The molecule has 168 valence electrons. The monoisotopic (exact) mass is 452 g/mol. The van der Waals surface area contributed by atoms with Crippen LogP contribution < -0.4 is 0 Å². The predicted octanol–water partition coefficient (Wildman–Crippen LogP) is -0.735. The Morgan fingerprint density at radius 1 is 0.968 bits per heavy atom. The lowest BCUT2D eigenvalue weighted by Crippen LogP contribution is -2.53. The molecule has 31 heavy (non-hydrogen) atoms. The third kappa shape index (κ3) is 4.60. The van der Waals surface area contributed by atoms with Crippen LogP contribution in [-0.4, -0.2) is 104 Å². The van der Waals surface area contributed by atoms with E-state index in [-0.39, 0.29) is 44.2 Å². The van der Waals surface area contributed by atoms with Crippen LogP contribution in [0.25, 0.3) is 0 Å². The van der Waals surface area contributed by atoms with Crippen LogP contribution in [0.5, 0.6) is 0 Å². The van der Waals surface area contributed by atoms with Crippen LogP contribution in [0, 0.1) is 6.92 Å². The van der Waals surface area contributed by atoms with Gasteiger partial charge in [-0.25, -0.2) is 18.1 Å². The van der Waals surface area contributed by atoms with Crippen LogP contribution in [0.4, 0.5) is 4.79 Å². The smallest absolute Gasteiger partial charge is 0.334 e. The van der Waals surface area contributed by atoms with Gasteiger partial charge < -0.3 is 9.64 Å². The lowest BCUT2D eigenvalue weighted by atomic mass is 10.2. The summed E-state index contributed by atoms with van der Waals surface area (Å²) in [7, 11) is -2.28. The van der Waals surface area contributed by atoms with Gasteiger partial charge >= 0.3 is 17.8 Å². The van der Waals surface area contributed by atoms with Crippen molar-refractivity contribution in [3.8, 4) is 0 Å². The van der Waals surface area contributed by atoms with E-state index in [9.17, 15) is 27.6 Å². The van der Waals surface area contributed by atoms with E-state index in [4.69, 9.17) is 4.74 Å². The number of urea groups is 1. The number of benzene rings is 1. The van der Waals surface area contributed by atoms with E-state index < -0.39 is 40.3 Å². The Hall–Kier alpha value is -2.83. The van der Waals surface area contributed by atoms with Crippen molar-refractivity contribution in [3.05, 3.63) is 29.8 Å². The number of ether oxygens (including phenoxy) is 1. The molecule has 12 heteroatoms. The van der Waals surface area contributed by atoms with Crippen molar-refractivity contribution >= 4 is 33.8 Å². The summed E-state index contributed by atoms with van der Waals surface area (Å²) < 4.78 is 31.7. The molecule has 5 amide bonds. The third-order valence-corrected chi connectivity index (χ3v) is 7.11. The molecule has 0 radical (unpaired) electrons. The zero-order chi connectivity index (χ0) is 22.8. The van der Waals surface area contributed by atoms with Crippen molar-refractivity contribution in [2.75, 3.05) is 53.0 Å². The Labute approximate surface area is 180 Å². The van der Waals surface area contributed by atoms with Crippen molar-refractivity contribution in [1.82, 2.24) is 19.0 Å². The normalized spacial score (nSPS) is 18.3. The molecule has 2 fully saturated rings. The molecular weight excluding hydrogens is 428 g/mol. The average molecular weight is 452 g/mol. The molecule has 0 aliphatic carbocycles. The minimum atomic E-state index is -3.68. The van der Waals surface area contributed by atoms with Crippen LogP contribution in [-0.2, 0) is 29.1 Å². The Morgan fingerprint density at radius 2 is 1.55 bits per heavy atom. The van der Waals surface area contributed by atoms with Gasteiger partial charge in [0.05, 0.1) is 18.0 Å². The second-order valence-corrected chi connectivity index (χ2v) is 9.16. The summed E-state index contributed by atoms with van der Waals surface area (Å²) >= 11 is 0. The third-order valence-electron chi connectivity index (χ3n) is 5.20. The number of rotatable bonds is 7. The molecule has 0 saturated carbocycles. The standard InChI is InChI=1S/C19H24N4O7S/c1-14-3-5-15(6-4-14)31(28,29)21-9-7-20(8-10-21)16(24)13-23-18(26)17(25)22(19(23)27)11-12-30-2/h3-6H,7-13H2,1-2H3. The second-order valence-electron chi connectivity index (χ2n) is 7.22. The maximum atomic E-state index is 12.8. The predicted molar refractivity (Wildman–Crippen MR) is 107 cm³/mol. The van der Waals surface area contributed by atoms with E-state index >= 15 is 0 Å². The maximum Gasteiger partial charge on any atom is 0.334 e. The molecule has 0 atom stereocenters. The highest BCUT2D eigenvalue weighted by atomic mass is 32.2. The highest BCUT2D eigenvalue weighted by Crippen LogP contribution is 2.19. The van der Waals surface area contributed by atoms with Gasteiger partial charge in [0.25, 0.3) is 0 Å². The van der Waals surface area contributed by atoms with Crippen molar-refractivity contribution in [2.45, 2.75) is 11.8 Å². The minimum absolute atomic E-state index is 0.0734. The molecule has 2 aliphatic rings. The van der Waals surface area contributed by atoms with Gasteiger partial charge in [-0.1, -0.05) is 17.7 Å². The number of carbonyl (C=O) groups is 4. The molecule has 0 spiro atoms. The lowest BCUT2D eigenvalue weighted by Gasteiger charge is -2.34. The first-order valence-electron chi connectivity index (χ1n) is 9.67. The molecule has 2 heterocycles. The summed E-state index contributed by atoms with van der Waals surface area (Å²) in [4.78, 5) is 51.9. The number of imide groups is 2. The highest BCUT2D eigenvalue weighted by molar-refractivity contribution is 7.89. The zero-order valence-corrected chi connectivity index (χ0v) is 18.1. The summed E-state index contributed by atoms with van der Waals surface area (Å²) in [6.07, 6.45) is 0. The Kier molecular flexibility index (Phi) is 6.72. The summed E-state index contributed by atoms with van der Waals surface area (Å²) in [6, 6.07) is 5.65. The van der Waals surface area contributed by atoms with E-state index in [0.717, 1.165) is 10.5 Å². The van der Waals surface area contributed by atoms with E-state index in [2.05, 4.69) is 0 Å². The van der Waals surface area contributed by atoms with Gasteiger partial charge in [0, 0.05) is 33.3 Å². The summed E-state index contributed by atoms with van der Waals surface area (Å²) in [6.45, 7) is 1.68. The Bertz CT molecular complexity index is 985. The second kappa shape index (κ2) is 9.12. The molecule has 1 aromatic carbocycles. The molecule has 11 nitrogen and oxygen atoms in total. The Morgan fingerprint density at radius 3 is 2.13 bits per heavy atom. The van der Waals surface area contributed by atoms with E-state index in [1.807, 2.05) is 6.92 Å². The summed E-state index contributed by atoms with van der Waals surface area (Å²) in [5.74, 6) is -2.59. The SMILES string of the molecule is COCCN1C(=O)C(=O)N(CC(=O)N2CCN(S(=O)(=O)c3ccc(C)cc3)CC2)C1=O. The van der Waals surface area contributed by atoms with Gasteiger partial charge in [-0.15, -0.1) is 0 Å². The summed E-state index contributed by atoms with van der Waals surface area (Å²) in [5.41, 5.74) is 0.944. The van der Waals surface area contributed by atoms with Crippen molar-refractivity contribution in [2.24, 2.45) is 0 Å². The fourth-order valence-electron chi connectivity index (χ4n) is 3.34. The quantitative estimate of drug-likeness (QED) is 0.394. The summed E-state index contributed by atoms with van der Waals surface area (Å²) in [5, 5.41) is 0. The van der Waals surface area contributed by atoms with Gasteiger partial charge in [-0.3, -0.25) is 19.3 Å². The Balaban J connectivity index is 1.59. The average Bonchev–Trinajstić information content (AvgIpc) is 2.95. The topological polar surface area (TPSA) is 125 Å². The fraction of sp³-hybridized carbons (Fsp3) is 0.474. The number of carbonyl (C=O) groups excluding carboxylic acids is 4. The van der Waals surface area contributed by atoms with Gasteiger partial charge in [0.2, 0.25) is 15.9 Å². The van der Waals surface area contributed by atoms with Crippen LogP contribution in [0.3, 0.4) is 0 Å². The molecule has 2 aliphatic heterocycles. The first kappa shape index (κ1) is 22.8. The zero-order valence-electron chi connectivity index (χ0n) is 17.3. The van der Waals surface area contributed by atoms with Gasteiger partial charge in [0.1, 0.15) is 6.54 Å². The van der Waals surface area contributed by atoms with Crippen LogP contribution in [0.1, 0.15) is 5.56 Å². The van der Waals surface area contributed by atoms with E-state index in [1.54, 1.807) is 24.3 Å². The number of hydrogen-bond donors (Lipinski definition) is 0. The van der Waals surface area contributed by atoms with Crippen LogP contribution >= 0.6 is 0 Å². The minimum Gasteiger partial charge on any atom is -0.383 e. The molecule has 0 bridgehead atoms. The number of hydrogen-bond acceptors (Lipinski definition) is 7. The first-order chi connectivity index (χ1) is 14.7. The van der Waals surface area contributed by atoms with Crippen molar-refractivity contribution in [3.63, 3.8) is 0 Å². The largest absolute Gasteiger partial charge is 0.383 e. The van der Waals surface area contributed by atoms with Gasteiger partial charge in [-0.05, 0) is 19.1 Å². The van der Waals surface area contributed by atoms with Crippen LogP contribution in [0.15, 0.2) is 29.2 Å². The first-order valence-corrected chi connectivity index (χ1v) is 11.1. The number of aryl methyl sites for hydroxylation is 1.